The third-order valence-corrected chi connectivity index (χ3v) is 5.16. The van der Waals surface area contributed by atoms with Crippen LogP contribution in [0.25, 0.3) is 22.3 Å². The van der Waals surface area contributed by atoms with Gasteiger partial charge in [0.2, 0.25) is 11.8 Å². The zero-order valence-corrected chi connectivity index (χ0v) is 22.0. The molecule has 0 aliphatic rings. The Morgan fingerprint density at radius 2 is 1.72 bits per heavy atom. The summed E-state index contributed by atoms with van der Waals surface area (Å²) in [5.74, 6) is -3.04. The molecule has 0 bridgehead atoms. The molecule has 0 unspecified atom stereocenters. The number of fused-ring (bicyclic) bond motifs is 1. The van der Waals surface area contributed by atoms with Crippen LogP contribution in [0.4, 0.5) is 43.9 Å². The van der Waals surface area contributed by atoms with Gasteiger partial charge in [-0.05, 0) is 31.2 Å². The summed E-state index contributed by atoms with van der Waals surface area (Å²) in [6.07, 6.45) is -9.74. The zero-order valence-electron chi connectivity index (χ0n) is 22.0. The molecule has 7 N–H and O–H groups in total. The number of hydrogen-bond acceptors (Lipinski definition) is 11. The van der Waals surface area contributed by atoms with Gasteiger partial charge in [0.1, 0.15) is 17.0 Å². The quantitative estimate of drug-likeness (QED) is 0.188. The third-order valence-electron chi connectivity index (χ3n) is 5.16. The molecule has 0 amide bonds. The van der Waals surface area contributed by atoms with Crippen molar-refractivity contribution < 1.29 is 45.7 Å². The van der Waals surface area contributed by atoms with Gasteiger partial charge in [-0.2, -0.15) is 31.3 Å². The van der Waals surface area contributed by atoms with E-state index in [9.17, 15) is 31.1 Å². The van der Waals surface area contributed by atoms with Crippen LogP contribution in [0.3, 0.4) is 0 Å². The van der Waals surface area contributed by atoms with E-state index in [1.54, 1.807) is 18.2 Å². The summed E-state index contributed by atoms with van der Waals surface area (Å²) in [6.45, 7) is 2.15. The van der Waals surface area contributed by atoms with Crippen LogP contribution in [-0.4, -0.2) is 61.9 Å². The first-order valence-corrected chi connectivity index (χ1v) is 11.7. The predicted octanol–water partition coefficient (Wildman–Crippen LogP) is 3.83. The number of benzene rings is 1. The number of pyridine rings is 1. The van der Waals surface area contributed by atoms with Crippen LogP contribution in [0, 0.1) is 0 Å². The van der Waals surface area contributed by atoms with Crippen LogP contribution in [0.5, 0.6) is 11.6 Å². The van der Waals surface area contributed by atoms with Crippen molar-refractivity contribution in [3.63, 3.8) is 0 Å². The number of anilines is 3. The summed E-state index contributed by atoms with van der Waals surface area (Å²) < 4.78 is 81.9. The van der Waals surface area contributed by atoms with Crippen LogP contribution in [0.2, 0.25) is 0 Å². The number of aromatic amines is 1. The minimum atomic E-state index is -5.08. The van der Waals surface area contributed by atoms with E-state index < -0.39 is 29.6 Å². The SMILES string of the molecule is COC[C@H](C)Nc1nc(Oc2cccc3[nH]c(=O)c(N)nc23)cc(-c2ccc(C(F)(F)F)nc2N)n1.O=C(O)C(F)(F)F. The van der Waals surface area contributed by atoms with Crippen molar-refractivity contribution in [1.29, 1.82) is 0 Å². The van der Waals surface area contributed by atoms with Gasteiger partial charge in [-0.25, -0.2) is 19.7 Å². The number of para-hydroxylation sites is 1. The second-order valence-electron chi connectivity index (χ2n) is 8.55. The fourth-order valence-corrected chi connectivity index (χ4v) is 3.33. The number of carbonyl (C=O) groups is 1. The summed E-state index contributed by atoms with van der Waals surface area (Å²) in [5.41, 5.74) is 10.8. The summed E-state index contributed by atoms with van der Waals surface area (Å²) in [4.78, 5) is 39.6. The topological polar surface area (TPSA) is 204 Å². The molecule has 0 saturated carbocycles. The number of aromatic nitrogens is 5. The minimum Gasteiger partial charge on any atom is -0.475 e. The molecular formula is C24H22F6N8O5. The fraction of sp³-hybridized carbons (Fsp3) is 0.250. The number of hydrogen-bond donors (Lipinski definition) is 5. The highest BCUT2D eigenvalue weighted by atomic mass is 19.4. The van der Waals surface area contributed by atoms with Crippen LogP contribution in [0.15, 0.2) is 41.2 Å². The first-order chi connectivity index (χ1) is 20.0. The number of nitrogens with one attached hydrogen (secondary N) is 2. The molecule has 230 valence electrons. The van der Waals surface area contributed by atoms with Gasteiger partial charge in [-0.15, -0.1) is 0 Å². The molecule has 1 atom stereocenters. The van der Waals surface area contributed by atoms with Gasteiger partial charge in [0.05, 0.1) is 17.8 Å². The van der Waals surface area contributed by atoms with Gasteiger partial charge >= 0.3 is 18.3 Å². The summed E-state index contributed by atoms with van der Waals surface area (Å²) in [7, 11) is 1.53. The highest BCUT2D eigenvalue weighted by Gasteiger charge is 2.38. The third kappa shape index (κ3) is 8.41. The van der Waals surface area contributed by atoms with Crippen molar-refractivity contribution in [1.82, 2.24) is 24.9 Å². The zero-order chi connectivity index (χ0) is 32.1. The van der Waals surface area contributed by atoms with Crippen molar-refractivity contribution in [2.24, 2.45) is 0 Å². The molecule has 0 radical (unpaired) electrons. The number of carboxylic acids is 1. The Kier molecular flexibility index (Phi) is 9.59. The molecule has 19 heteroatoms. The predicted molar refractivity (Wildman–Crippen MR) is 140 cm³/mol. The van der Waals surface area contributed by atoms with Gasteiger partial charge in [-0.3, -0.25) is 4.79 Å². The van der Waals surface area contributed by atoms with Crippen LogP contribution >= 0.6 is 0 Å². The molecule has 43 heavy (non-hydrogen) atoms. The van der Waals surface area contributed by atoms with E-state index in [0.29, 0.717) is 12.1 Å². The maximum absolute atomic E-state index is 13.0. The molecule has 0 aliphatic carbocycles. The van der Waals surface area contributed by atoms with Crippen LogP contribution < -0.4 is 27.1 Å². The molecular weight excluding hydrogens is 594 g/mol. The molecule has 3 aromatic heterocycles. The second-order valence-corrected chi connectivity index (χ2v) is 8.55. The normalized spacial score (nSPS) is 12.3. The molecule has 0 spiro atoms. The number of nitrogens with zero attached hydrogens (tertiary/aromatic N) is 4. The van der Waals surface area contributed by atoms with Crippen molar-refractivity contribution in [2.45, 2.75) is 25.3 Å². The number of methoxy groups -OCH3 is 1. The number of nitrogen functional groups attached to an aromatic ring is 2. The maximum Gasteiger partial charge on any atom is 0.490 e. The largest absolute Gasteiger partial charge is 0.490 e. The number of aliphatic carboxylic acids is 1. The van der Waals surface area contributed by atoms with E-state index in [2.05, 4.69) is 30.2 Å². The lowest BCUT2D eigenvalue weighted by Crippen LogP contribution is -2.22. The van der Waals surface area contributed by atoms with Gasteiger partial charge in [0.25, 0.3) is 5.56 Å². The van der Waals surface area contributed by atoms with Crippen LogP contribution in [0.1, 0.15) is 12.6 Å². The van der Waals surface area contributed by atoms with E-state index in [-0.39, 0.29) is 52.0 Å². The smallest absolute Gasteiger partial charge is 0.475 e. The minimum absolute atomic E-state index is 0.0190. The van der Waals surface area contributed by atoms with Crippen molar-refractivity contribution in [2.75, 3.05) is 30.5 Å². The molecule has 3 heterocycles. The van der Waals surface area contributed by atoms with E-state index in [1.807, 2.05) is 6.92 Å². The molecule has 1 aromatic carbocycles. The average molecular weight is 616 g/mol. The highest BCUT2D eigenvalue weighted by molar-refractivity contribution is 5.82. The number of alkyl halides is 6. The molecule has 0 aliphatic heterocycles. The Hall–Kier alpha value is -5.20. The second kappa shape index (κ2) is 12.8. The summed E-state index contributed by atoms with van der Waals surface area (Å²) in [6, 6.07) is 7.99. The first-order valence-electron chi connectivity index (χ1n) is 11.7. The van der Waals surface area contributed by atoms with E-state index in [0.717, 1.165) is 6.07 Å². The summed E-state index contributed by atoms with van der Waals surface area (Å²) in [5, 5.41) is 10.2. The van der Waals surface area contributed by atoms with Gasteiger partial charge in [-0.1, -0.05) is 6.07 Å². The fourth-order valence-electron chi connectivity index (χ4n) is 3.33. The number of halogens is 6. The van der Waals surface area contributed by atoms with Crippen molar-refractivity contribution in [3.8, 4) is 22.9 Å². The highest BCUT2D eigenvalue weighted by Crippen LogP contribution is 2.34. The lowest BCUT2D eigenvalue weighted by molar-refractivity contribution is -0.192. The average Bonchev–Trinajstić information content (AvgIpc) is 2.89. The van der Waals surface area contributed by atoms with Crippen molar-refractivity contribution in [3.05, 3.63) is 52.4 Å². The lowest BCUT2D eigenvalue weighted by Gasteiger charge is -2.16. The molecule has 4 aromatic rings. The van der Waals surface area contributed by atoms with E-state index in [1.165, 1.54) is 19.2 Å². The van der Waals surface area contributed by atoms with Crippen molar-refractivity contribution >= 4 is 34.6 Å². The number of carboxylic acid groups (broad SMARTS) is 1. The number of rotatable bonds is 7. The molecule has 13 nitrogen and oxygen atoms in total. The monoisotopic (exact) mass is 616 g/mol. The number of H-pyrrole nitrogens is 1. The Balaban J connectivity index is 0.000000646. The van der Waals surface area contributed by atoms with Gasteiger partial charge in [0, 0.05) is 24.8 Å². The molecule has 0 fully saturated rings. The Labute approximate surface area is 236 Å². The van der Waals surface area contributed by atoms with E-state index >= 15 is 0 Å². The Morgan fingerprint density at radius 1 is 1.05 bits per heavy atom. The van der Waals surface area contributed by atoms with Gasteiger partial charge in [0.15, 0.2) is 11.6 Å². The van der Waals surface area contributed by atoms with E-state index in [4.69, 9.17) is 30.8 Å². The molecule has 4 rings (SSSR count). The summed E-state index contributed by atoms with van der Waals surface area (Å²) >= 11 is 0. The maximum atomic E-state index is 13.0. The standard InChI is InChI=1S/C22H21F3N8O3.C2HF3O2/c1-10(9-35-2)28-21-30-13(11-6-7-15(22(23,24)25)31-18(11)26)8-16(32-21)36-14-5-3-4-12-17(14)33-19(27)20(34)29-12;3-2(4,5)1(6)7/h3-8,10H,9H2,1-2H3,(H2,26,31)(H2,27,33)(H,29,34)(H,28,30,32);(H,6,7)/t10-;/m0./s1. The van der Waals surface area contributed by atoms with Crippen LogP contribution in [-0.2, 0) is 15.7 Å². The Bertz CT molecular complexity index is 1680. The lowest BCUT2D eigenvalue weighted by atomic mass is 10.1. The van der Waals surface area contributed by atoms with Gasteiger partial charge < -0.3 is 36.3 Å². The molecule has 0 saturated heterocycles. The Morgan fingerprint density at radius 3 is 2.30 bits per heavy atom. The number of ether oxygens (including phenoxy) is 2. The number of nitrogens with two attached hydrogens (primary N) is 2. The first kappa shape index (κ1) is 32.3.